The van der Waals surface area contributed by atoms with Crippen LogP contribution < -0.4 is 4.74 Å². The molecular formula is C23H22BrN3O4S. The van der Waals surface area contributed by atoms with E-state index in [1.54, 1.807) is 43.3 Å². The fourth-order valence-corrected chi connectivity index (χ4v) is 4.74. The second-order valence-electron chi connectivity index (χ2n) is 7.21. The number of morpholine rings is 1. The lowest BCUT2D eigenvalue weighted by Crippen LogP contribution is -2.40. The van der Waals surface area contributed by atoms with E-state index in [9.17, 15) is 9.59 Å². The van der Waals surface area contributed by atoms with E-state index in [2.05, 4.69) is 20.9 Å². The molecule has 7 nitrogen and oxygen atoms in total. The second kappa shape index (κ2) is 9.89. The second-order valence-corrected chi connectivity index (χ2v) is 9.14. The Morgan fingerprint density at radius 1 is 1.22 bits per heavy atom. The molecule has 0 unspecified atom stereocenters. The Balaban J connectivity index is 1.58. The minimum Gasteiger partial charge on any atom is -0.496 e. The van der Waals surface area contributed by atoms with E-state index in [4.69, 9.17) is 9.47 Å². The molecule has 0 N–H and O–H groups in total. The number of carbonyl (C=O) groups excluding carboxylic acids is 2. The van der Waals surface area contributed by atoms with Gasteiger partial charge in [-0.25, -0.2) is 4.99 Å². The first-order valence-electron chi connectivity index (χ1n) is 10.0. The number of benzene rings is 2. The van der Waals surface area contributed by atoms with Gasteiger partial charge in [0.15, 0.2) is 5.17 Å². The Hall–Kier alpha value is -2.62. The summed E-state index contributed by atoms with van der Waals surface area (Å²) in [6.07, 6.45) is 1.80. The van der Waals surface area contributed by atoms with Crippen molar-refractivity contribution in [3.63, 3.8) is 0 Å². The highest BCUT2D eigenvalue weighted by Gasteiger charge is 2.30. The molecule has 4 rings (SSSR count). The first-order valence-corrected chi connectivity index (χ1v) is 11.6. The minimum atomic E-state index is -0.142. The molecule has 2 fully saturated rings. The van der Waals surface area contributed by atoms with Gasteiger partial charge in [-0.15, -0.1) is 0 Å². The summed E-state index contributed by atoms with van der Waals surface area (Å²) >= 11 is 4.75. The number of thioether (sulfide) groups is 1. The number of halogens is 1. The summed E-state index contributed by atoms with van der Waals surface area (Å²) in [7, 11) is 3.29. The van der Waals surface area contributed by atoms with Crippen molar-refractivity contribution in [3.05, 3.63) is 63.0 Å². The Kier molecular flexibility index (Phi) is 6.98. The van der Waals surface area contributed by atoms with Crippen LogP contribution in [0.5, 0.6) is 5.75 Å². The van der Waals surface area contributed by atoms with Gasteiger partial charge in [-0.2, -0.15) is 0 Å². The van der Waals surface area contributed by atoms with E-state index >= 15 is 0 Å². The van der Waals surface area contributed by atoms with E-state index in [0.29, 0.717) is 53.4 Å². The Labute approximate surface area is 199 Å². The molecule has 32 heavy (non-hydrogen) atoms. The number of rotatable bonds is 4. The number of aliphatic imine (C=N–C) groups is 1. The van der Waals surface area contributed by atoms with Crippen molar-refractivity contribution in [3.8, 4) is 5.75 Å². The first kappa shape index (κ1) is 22.6. The van der Waals surface area contributed by atoms with Gasteiger partial charge in [0.1, 0.15) is 5.75 Å². The third-order valence-electron chi connectivity index (χ3n) is 5.10. The van der Waals surface area contributed by atoms with E-state index in [1.807, 2.05) is 24.3 Å². The molecule has 2 amide bonds. The largest absolute Gasteiger partial charge is 0.496 e. The van der Waals surface area contributed by atoms with Crippen molar-refractivity contribution in [2.75, 3.05) is 40.5 Å². The third-order valence-corrected chi connectivity index (χ3v) is 6.65. The Bertz CT molecular complexity index is 1110. The molecule has 0 aromatic heterocycles. The molecule has 9 heteroatoms. The van der Waals surface area contributed by atoms with Crippen LogP contribution in [0.4, 0.5) is 5.69 Å². The van der Waals surface area contributed by atoms with Gasteiger partial charge >= 0.3 is 0 Å². The van der Waals surface area contributed by atoms with Crippen molar-refractivity contribution >= 4 is 56.4 Å². The van der Waals surface area contributed by atoms with Crippen LogP contribution >= 0.6 is 27.7 Å². The van der Waals surface area contributed by atoms with Crippen LogP contribution in [0.1, 0.15) is 15.9 Å². The van der Waals surface area contributed by atoms with E-state index in [0.717, 1.165) is 10.0 Å². The number of nitrogens with zero attached hydrogens (tertiary/aromatic N) is 3. The number of likely N-dealkylation sites (N-methyl/N-ethyl adjacent to an activating group) is 1. The summed E-state index contributed by atoms with van der Waals surface area (Å²) in [5, 5.41) is 0.547. The molecule has 2 aromatic rings. The number of carbonyl (C=O) groups is 2. The number of ether oxygens (including phenoxy) is 2. The zero-order chi connectivity index (χ0) is 22.7. The quantitative estimate of drug-likeness (QED) is 0.571. The van der Waals surface area contributed by atoms with Gasteiger partial charge in [-0.3, -0.25) is 14.5 Å². The lowest BCUT2D eigenvalue weighted by atomic mass is 10.1. The number of hydrogen-bond donors (Lipinski definition) is 0. The van der Waals surface area contributed by atoms with Crippen molar-refractivity contribution in [2.24, 2.45) is 4.99 Å². The molecule has 0 bridgehead atoms. The van der Waals surface area contributed by atoms with Gasteiger partial charge in [0, 0.05) is 35.7 Å². The molecule has 0 atom stereocenters. The van der Waals surface area contributed by atoms with Gasteiger partial charge in [-0.05, 0) is 54.2 Å². The van der Waals surface area contributed by atoms with Crippen LogP contribution in [0.2, 0.25) is 0 Å². The monoisotopic (exact) mass is 515 g/mol. The maximum absolute atomic E-state index is 12.8. The van der Waals surface area contributed by atoms with Gasteiger partial charge in [0.05, 0.1) is 30.9 Å². The summed E-state index contributed by atoms with van der Waals surface area (Å²) in [6.45, 7) is 2.26. The van der Waals surface area contributed by atoms with Crippen LogP contribution in [-0.2, 0) is 9.53 Å². The van der Waals surface area contributed by atoms with Gasteiger partial charge in [0.25, 0.3) is 11.8 Å². The van der Waals surface area contributed by atoms with E-state index < -0.39 is 0 Å². The minimum absolute atomic E-state index is 0.0406. The van der Waals surface area contributed by atoms with E-state index in [-0.39, 0.29) is 11.8 Å². The van der Waals surface area contributed by atoms with Crippen LogP contribution in [-0.4, -0.2) is 67.2 Å². The average Bonchev–Trinajstić information content (AvgIpc) is 3.07. The summed E-state index contributed by atoms with van der Waals surface area (Å²) < 4.78 is 11.6. The molecule has 2 aromatic carbocycles. The topological polar surface area (TPSA) is 71.4 Å². The molecule has 2 saturated heterocycles. The molecule has 0 aliphatic carbocycles. The highest BCUT2D eigenvalue weighted by atomic mass is 79.9. The Morgan fingerprint density at radius 3 is 2.75 bits per heavy atom. The van der Waals surface area contributed by atoms with Crippen molar-refractivity contribution < 1.29 is 19.1 Å². The number of amides is 2. The SMILES string of the molecule is COc1ccc(Br)cc1/C=C1/SC(=Nc2cccc(C(=O)N3CCOCC3)c2)N(C)C1=O. The fraction of sp³-hybridized carbons (Fsp3) is 0.261. The number of amidine groups is 1. The van der Waals surface area contributed by atoms with Crippen molar-refractivity contribution in [1.82, 2.24) is 9.80 Å². The van der Waals surface area contributed by atoms with Gasteiger partial charge in [-0.1, -0.05) is 22.0 Å². The molecule has 2 heterocycles. The molecule has 2 aliphatic rings. The van der Waals surface area contributed by atoms with Crippen molar-refractivity contribution in [2.45, 2.75) is 0 Å². The van der Waals surface area contributed by atoms with E-state index in [1.165, 1.54) is 16.7 Å². The maximum Gasteiger partial charge on any atom is 0.266 e. The lowest BCUT2D eigenvalue weighted by molar-refractivity contribution is -0.121. The Morgan fingerprint density at radius 2 is 2.00 bits per heavy atom. The summed E-state index contributed by atoms with van der Waals surface area (Å²) in [6, 6.07) is 12.8. The zero-order valence-corrected chi connectivity index (χ0v) is 20.1. The molecular weight excluding hydrogens is 494 g/mol. The fourth-order valence-electron chi connectivity index (χ4n) is 3.38. The molecule has 2 aliphatic heterocycles. The molecule has 0 saturated carbocycles. The number of methoxy groups -OCH3 is 1. The standard InChI is InChI=1S/C23H22BrN3O4S/c1-26-22(29)20(14-16-12-17(24)6-7-19(16)30-2)32-23(26)25-18-5-3-4-15(13-18)21(28)27-8-10-31-11-9-27/h3-7,12-14H,8-11H2,1-2H3/b20-14+,25-23?. The van der Waals surface area contributed by atoms with Crippen LogP contribution in [0.15, 0.2) is 56.8 Å². The van der Waals surface area contributed by atoms with Gasteiger partial charge in [0.2, 0.25) is 0 Å². The molecule has 166 valence electrons. The van der Waals surface area contributed by atoms with Crippen LogP contribution in [0.25, 0.3) is 6.08 Å². The highest BCUT2D eigenvalue weighted by Crippen LogP contribution is 2.35. The van der Waals surface area contributed by atoms with Gasteiger partial charge < -0.3 is 14.4 Å². The maximum atomic E-state index is 12.8. The lowest BCUT2D eigenvalue weighted by Gasteiger charge is -2.26. The first-order chi connectivity index (χ1) is 15.5. The van der Waals surface area contributed by atoms with Crippen LogP contribution in [0, 0.1) is 0 Å². The van der Waals surface area contributed by atoms with Crippen LogP contribution in [0.3, 0.4) is 0 Å². The molecule has 0 spiro atoms. The highest BCUT2D eigenvalue weighted by molar-refractivity contribution is 9.10. The van der Waals surface area contributed by atoms with Crippen molar-refractivity contribution in [1.29, 1.82) is 0 Å². The third kappa shape index (κ3) is 4.90. The average molecular weight is 516 g/mol. The number of hydrogen-bond acceptors (Lipinski definition) is 6. The summed E-state index contributed by atoms with van der Waals surface area (Å²) in [5.41, 5.74) is 1.98. The smallest absolute Gasteiger partial charge is 0.266 e. The summed E-state index contributed by atoms with van der Waals surface area (Å²) in [4.78, 5) is 34.1. The molecule has 0 radical (unpaired) electrons. The summed E-state index contributed by atoms with van der Waals surface area (Å²) in [5.74, 6) is 0.494. The zero-order valence-electron chi connectivity index (χ0n) is 17.7. The predicted molar refractivity (Wildman–Crippen MR) is 129 cm³/mol. The predicted octanol–water partition coefficient (Wildman–Crippen LogP) is 4.16. The normalized spacial score (nSPS) is 19.2.